The normalized spacial score (nSPS) is 26.2. The molecule has 1 rings (SSSR count). The van der Waals surface area contributed by atoms with Crippen LogP contribution in [-0.4, -0.2) is 59.0 Å². The van der Waals surface area contributed by atoms with Crippen LogP contribution in [-0.2, 0) is 9.59 Å². The van der Waals surface area contributed by atoms with Crippen LogP contribution in [0.5, 0.6) is 0 Å². The smallest absolute Gasteiger partial charge is 0.303 e. The lowest BCUT2D eigenvalue weighted by Crippen LogP contribution is -2.47. The van der Waals surface area contributed by atoms with E-state index in [9.17, 15) is 9.59 Å². The third-order valence-corrected chi connectivity index (χ3v) is 3.62. The summed E-state index contributed by atoms with van der Waals surface area (Å²) in [6.07, 6.45) is 2.39. The van der Waals surface area contributed by atoms with Crippen molar-refractivity contribution in [3.8, 4) is 0 Å². The van der Waals surface area contributed by atoms with Crippen LogP contribution in [0.3, 0.4) is 0 Å². The van der Waals surface area contributed by atoms with Crippen molar-refractivity contribution >= 4 is 11.9 Å². The molecule has 1 aliphatic heterocycles. The van der Waals surface area contributed by atoms with Crippen LogP contribution >= 0.6 is 0 Å². The maximum Gasteiger partial charge on any atom is 0.303 e. The van der Waals surface area contributed by atoms with Gasteiger partial charge in [0.1, 0.15) is 0 Å². The molecule has 2 unspecified atom stereocenters. The first-order valence-corrected chi connectivity index (χ1v) is 6.69. The largest absolute Gasteiger partial charge is 0.481 e. The summed E-state index contributed by atoms with van der Waals surface area (Å²) in [6.45, 7) is 5.81. The SMILES string of the molecule is CCCN1C(C)CCN(C)C(=O)C1CCC(=O)O. The van der Waals surface area contributed by atoms with E-state index in [4.69, 9.17) is 5.11 Å². The molecule has 2 atom stereocenters. The number of carboxylic acid groups (broad SMARTS) is 1. The number of hydrogen-bond donors (Lipinski definition) is 1. The van der Waals surface area contributed by atoms with Crippen molar-refractivity contribution < 1.29 is 14.7 Å². The summed E-state index contributed by atoms with van der Waals surface area (Å²) in [7, 11) is 1.80. The number of carbonyl (C=O) groups excluding carboxylic acids is 1. The highest BCUT2D eigenvalue weighted by molar-refractivity contribution is 5.82. The molecule has 5 nitrogen and oxygen atoms in total. The standard InChI is InChI=1S/C13H24N2O3/c1-4-8-15-10(2)7-9-14(3)13(18)11(15)5-6-12(16)17/h10-11H,4-9H2,1-3H3,(H,16,17). The van der Waals surface area contributed by atoms with Gasteiger partial charge in [0.05, 0.1) is 6.04 Å². The molecule has 1 aliphatic rings. The Morgan fingerprint density at radius 2 is 2.17 bits per heavy atom. The first-order valence-electron chi connectivity index (χ1n) is 6.69. The van der Waals surface area contributed by atoms with Crippen LogP contribution < -0.4 is 0 Å². The maximum absolute atomic E-state index is 12.3. The molecule has 104 valence electrons. The molecule has 1 N–H and O–H groups in total. The topological polar surface area (TPSA) is 60.9 Å². The van der Waals surface area contributed by atoms with Gasteiger partial charge < -0.3 is 10.0 Å². The van der Waals surface area contributed by atoms with Gasteiger partial charge in [-0.25, -0.2) is 0 Å². The van der Waals surface area contributed by atoms with Crippen LogP contribution in [0.1, 0.15) is 39.5 Å². The Balaban J connectivity index is 2.84. The summed E-state index contributed by atoms with van der Waals surface area (Å²) >= 11 is 0. The van der Waals surface area contributed by atoms with Gasteiger partial charge >= 0.3 is 5.97 Å². The van der Waals surface area contributed by atoms with Crippen molar-refractivity contribution in [2.24, 2.45) is 0 Å². The van der Waals surface area contributed by atoms with Gasteiger partial charge in [0.25, 0.3) is 0 Å². The number of likely N-dealkylation sites (N-methyl/N-ethyl adjacent to an activating group) is 1. The molecule has 5 heteroatoms. The summed E-state index contributed by atoms with van der Waals surface area (Å²) in [5, 5.41) is 8.81. The van der Waals surface area contributed by atoms with E-state index in [-0.39, 0.29) is 18.4 Å². The minimum Gasteiger partial charge on any atom is -0.481 e. The second-order valence-corrected chi connectivity index (χ2v) is 5.08. The highest BCUT2D eigenvalue weighted by atomic mass is 16.4. The zero-order valence-electron chi connectivity index (χ0n) is 11.6. The molecule has 0 aliphatic carbocycles. The van der Waals surface area contributed by atoms with E-state index < -0.39 is 5.97 Å². The van der Waals surface area contributed by atoms with Gasteiger partial charge in [0, 0.05) is 26.1 Å². The Hall–Kier alpha value is -1.10. The number of rotatable bonds is 5. The first kappa shape index (κ1) is 15.0. The minimum atomic E-state index is -0.834. The highest BCUT2D eigenvalue weighted by Gasteiger charge is 2.34. The summed E-state index contributed by atoms with van der Waals surface area (Å²) in [5.41, 5.74) is 0. The summed E-state index contributed by atoms with van der Waals surface area (Å²) in [4.78, 5) is 26.9. The number of carbonyl (C=O) groups is 2. The number of aliphatic carboxylic acids is 1. The van der Waals surface area contributed by atoms with Crippen LogP contribution in [0.15, 0.2) is 0 Å². The zero-order valence-corrected chi connectivity index (χ0v) is 11.6. The van der Waals surface area contributed by atoms with E-state index in [0.717, 1.165) is 25.9 Å². The third-order valence-electron chi connectivity index (χ3n) is 3.62. The lowest BCUT2D eigenvalue weighted by atomic mass is 10.1. The molecule has 1 fully saturated rings. The monoisotopic (exact) mass is 256 g/mol. The zero-order chi connectivity index (χ0) is 13.7. The lowest BCUT2D eigenvalue weighted by Gasteiger charge is -2.33. The number of amides is 1. The molecule has 0 aromatic carbocycles. The second-order valence-electron chi connectivity index (χ2n) is 5.08. The van der Waals surface area contributed by atoms with Crippen molar-refractivity contribution in [2.75, 3.05) is 20.1 Å². The molecule has 0 saturated carbocycles. The van der Waals surface area contributed by atoms with Gasteiger partial charge in [-0.3, -0.25) is 14.5 Å². The van der Waals surface area contributed by atoms with Crippen LogP contribution in [0, 0.1) is 0 Å². The maximum atomic E-state index is 12.3. The van der Waals surface area contributed by atoms with Gasteiger partial charge in [0.15, 0.2) is 0 Å². The minimum absolute atomic E-state index is 0.0528. The number of nitrogens with zero attached hydrogens (tertiary/aromatic N) is 2. The molecule has 0 spiro atoms. The summed E-state index contributed by atoms with van der Waals surface area (Å²) < 4.78 is 0. The van der Waals surface area contributed by atoms with Crippen LogP contribution in [0.2, 0.25) is 0 Å². The molecule has 1 amide bonds. The fraction of sp³-hybridized carbons (Fsp3) is 0.846. The molecule has 18 heavy (non-hydrogen) atoms. The lowest BCUT2D eigenvalue weighted by molar-refractivity contribution is -0.139. The van der Waals surface area contributed by atoms with Gasteiger partial charge in [-0.2, -0.15) is 0 Å². The van der Waals surface area contributed by atoms with Crippen molar-refractivity contribution in [1.29, 1.82) is 0 Å². The Morgan fingerprint density at radius 1 is 1.50 bits per heavy atom. The first-order chi connectivity index (χ1) is 8.47. The average molecular weight is 256 g/mol. The Bertz CT molecular complexity index is 307. The van der Waals surface area contributed by atoms with Crippen molar-refractivity contribution in [3.05, 3.63) is 0 Å². The van der Waals surface area contributed by atoms with Gasteiger partial charge in [-0.15, -0.1) is 0 Å². The van der Waals surface area contributed by atoms with Crippen molar-refractivity contribution in [2.45, 2.75) is 51.6 Å². The Kier molecular flexibility index (Phi) is 5.59. The number of carboxylic acids is 1. The predicted octanol–water partition coefficient (Wildman–Crippen LogP) is 1.18. The molecule has 1 saturated heterocycles. The molecule has 0 aromatic rings. The van der Waals surface area contributed by atoms with Crippen molar-refractivity contribution in [3.63, 3.8) is 0 Å². The third kappa shape index (κ3) is 3.70. The molecular weight excluding hydrogens is 232 g/mol. The van der Waals surface area contributed by atoms with Crippen molar-refractivity contribution in [1.82, 2.24) is 9.80 Å². The van der Waals surface area contributed by atoms with Gasteiger partial charge in [0.2, 0.25) is 5.91 Å². The number of hydrogen-bond acceptors (Lipinski definition) is 3. The molecule has 0 aromatic heterocycles. The predicted molar refractivity (Wildman–Crippen MR) is 69.4 cm³/mol. The molecule has 0 radical (unpaired) electrons. The fourth-order valence-corrected chi connectivity index (χ4v) is 2.54. The summed E-state index contributed by atoms with van der Waals surface area (Å²) in [5.74, 6) is -0.771. The van der Waals surface area contributed by atoms with Crippen LogP contribution in [0.4, 0.5) is 0 Å². The fourth-order valence-electron chi connectivity index (χ4n) is 2.54. The van der Waals surface area contributed by atoms with Gasteiger partial charge in [-0.1, -0.05) is 6.92 Å². The van der Waals surface area contributed by atoms with E-state index in [1.807, 2.05) is 0 Å². The van der Waals surface area contributed by atoms with E-state index in [2.05, 4.69) is 18.7 Å². The van der Waals surface area contributed by atoms with E-state index >= 15 is 0 Å². The summed E-state index contributed by atoms with van der Waals surface area (Å²) in [6, 6.07) is 0.0567. The van der Waals surface area contributed by atoms with Crippen LogP contribution in [0.25, 0.3) is 0 Å². The van der Waals surface area contributed by atoms with E-state index in [1.165, 1.54) is 0 Å². The molecular formula is C13H24N2O3. The Morgan fingerprint density at radius 3 is 2.72 bits per heavy atom. The van der Waals surface area contributed by atoms with E-state index in [0.29, 0.717) is 12.5 Å². The quantitative estimate of drug-likeness (QED) is 0.802. The molecule has 0 bridgehead atoms. The highest BCUT2D eigenvalue weighted by Crippen LogP contribution is 2.20. The van der Waals surface area contributed by atoms with E-state index in [1.54, 1.807) is 11.9 Å². The Labute approximate surface area is 109 Å². The second kappa shape index (κ2) is 6.73. The van der Waals surface area contributed by atoms with Gasteiger partial charge in [-0.05, 0) is 32.7 Å². The molecule has 1 heterocycles. The average Bonchev–Trinajstić information content (AvgIpc) is 2.41.